The summed E-state index contributed by atoms with van der Waals surface area (Å²) in [5.41, 5.74) is -2.30. The van der Waals surface area contributed by atoms with Gasteiger partial charge in [0.25, 0.3) is 0 Å². The Morgan fingerprint density at radius 2 is 1.88 bits per heavy atom. The van der Waals surface area contributed by atoms with Crippen LogP contribution in [-0.2, 0) is 15.1 Å². The van der Waals surface area contributed by atoms with Crippen LogP contribution in [0.25, 0.3) is 0 Å². The Hall–Kier alpha value is -1.01. The van der Waals surface area contributed by atoms with Gasteiger partial charge in [0, 0.05) is 5.56 Å². The molecule has 1 atom stereocenters. The molecule has 0 aliphatic heterocycles. The third-order valence-corrected chi connectivity index (χ3v) is 2.89. The van der Waals surface area contributed by atoms with Crippen LogP contribution in [0.1, 0.15) is 12.5 Å². The number of rotatable bonds is 2. The maximum atomic E-state index is 13.2. The van der Waals surface area contributed by atoms with Crippen molar-refractivity contribution in [2.24, 2.45) is 0 Å². The number of esters is 1. The van der Waals surface area contributed by atoms with Crippen LogP contribution in [0, 0.1) is 11.6 Å². The molecule has 0 radical (unpaired) electrons. The summed E-state index contributed by atoms with van der Waals surface area (Å²) in [4.78, 5) is 11.2. The first kappa shape index (κ1) is 13.1. The van der Waals surface area contributed by atoms with Gasteiger partial charge >= 0.3 is 5.97 Å². The number of carbonyl (C=O) groups excluding carboxylic acids is 1. The van der Waals surface area contributed by atoms with Crippen LogP contribution in [0.4, 0.5) is 8.78 Å². The van der Waals surface area contributed by atoms with E-state index in [9.17, 15) is 18.7 Å². The van der Waals surface area contributed by atoms with Crippen molar-refractivity contribution in [3.05, 3.63) is 33.8 Å². The molecule has 0 aliphatic carbocycles. The second-order valence-electron chi connectivity index (χ2n) is 3.32. The minimum absolute atomic E-state index is 0.211. The van der Waals surface area contributed by atoms with Crippen LogP contribution in [0.2, 0.25) is 0 Å². The molecule has 0 saturated heterocycles. The monoisotopic (exact) mass is 294 g/mol. The molecule has 6 heteroatoms. The lowest BCUT2D eigenvalue weighted by Crippen LogP contribution is -2.33. The van der Waals surface area contributed by atoms with E-state index in [1.807, 2.05) is 0 Å². The van der Waals surface area contributed by atoms with Gasteiger partial charge < -0.3 is 9.84 Å². The van der Waals surface area contributed by atoms with E-state index in [0.717, 1.165) is 26.2 Å². The Morgan fingerprint density at radius 3 is 2.25 bits per heavy atom. The molecule has 1 N–H and O–H groups in total. The molecule has 16 heavy (non-hydrogen) atoms. The Bertz CT molecular complexity index is 409. The molecule has 3 nitrogen and oxygen atoms in total. The third-order valence-electron chi connectivity index (χ3n) is 2.13. The highest BCUT2D eigenvalue weighted by molar-refractivity contribution is 9.10. The van der Waals surface area contributed by atoms with Crippen LogP contribution >= 0.6 is 15.9 Å². The molecule has 1 aromatic carbocycles. The van der Waals surface area contributed by atoms with Gasteiger partial charge in [-0.05, 0) is 35.0 Å². The average molecular weight is 295 g/mol. The van der Waals surface area contributed by atoms with Gasteiger partial charge in [-0.25, -0.2) is 13.6 Å². The zero-order valence-corrected chi connectivity index (χ0v) is 10.1. The first-order valence-corrected chi connectivity index (χ1v) is 5.05. The summed E-state index contributed by atoms with van der Waals surface area (Å²) in [6.07, 6.45) is 0. The predicted molar refractivity (Wildman–Crippen MR) is 55.6 cm³/mol. The molecule has 1 rings (SSSR count). The Balaban J connectivity index is 3.29. The fraction of sp³-hybridized carbons (Fsp3) is 0.300. The highest BCUT2D eigenvalue weighted by Crippen LogP contribution is 2.28. The molecule has 88 valence electrons. The van der Waals surface area contributed by atoms with Crippen LogP contribution < -0.4 is 0 Å². The quantitative estimate of drug-likeness (QED) is 0.671. The Morgan fingerprint density at radius 1 is 1.44 bits per heavy atom. The van der Waals surface area contributed by atoms with Crippen molar-refractivity contribution in [2.75, 3.05) is 7.11 Å². The summed E-state index contributed by atoms with van der Waals surface area (Å²) in [6.45, 7) is 1.10. The predicted octanol–water partition coefficient (Wildman–Crippen LogP) is 2.11. The van der Waals surface area contributed by atoms with Crippen molar-refractivity contribution in [1.82, 2.24) is 0 Å². The standard InChI is InChI=1S/C10H9BrF2O3/c1-10(15,9(14)16-2)5-3-6(12)8(11)7(13)4-5/h3-4,15H,1-2H3. The lowest BCUT2D eigenvalue weighted by molar-refractivity contribution is -0.161. The van der Waals surface area contributed by atoms with Crippen molar-refractivity contribution < 1.29 is 23.4 Å². The fourth-order valence-corrected chi connectivity index (χ4v) is 1.38. The summed E-state index contributed by atoms with van der Waals surface area (Å²) >= 11 is 2.69. The van der Waals surface area contributed by atoms with Crippen LogP contribution in [-0.4, -0.2) is 18.2 Å². The first-order chi connectivity index (χ1) is 7.30. The average Bonchev–Trinajstić information content (AvgIpc) is 2.23. The van der Waals surface area contributed by atoms with Crippen molar-refractivity contribution >= 4 is 21.9 Å². The zero-order valence-electron chi connectivity index (χ0n) is 8.55. The molecule has 0 aliphatic rings. The second-order valence-corrected chi connectivity index (χ2v) is 4.11. The van der Waals surface area contributed by atoms with Gasteiger partial charge in [0.05, 0.1) is 11.6 Å². The van der Waals surface area contributed by atoms with Crippen LogP contribution in [0.3, 0.4) is 0 Å². The van der Waals surface area contributed by atoms with E-state index in [4.69, 9.17) is 0 Å². The lowest BCUT2D eigenvalue weighted by Gasteiger charge is -2.20. The topological polar surface area (TPSA) is 46.5 Å². The fourth-order valence-electron chi connectivity index (χ4n) is 1.15. The van der Waals surface area contributed by atoms with Gasteiger partial charge in [0.1, 0.15) is 11.6 Å². The number of benzene rings is 1. The van der Waals surface area contributed by atoms with E-state index < -0.39 is 23.2 Å². The van der Waals surface area contributed by atoms with E-state index >= 15 is 0 Å². The smallest absolute Gasteiger partial charge is 0.342 e. The summed E-state index contributed by atoms with van der Waals surface area (Å²) in [7, 11) is 1.07. The number of carbonyl (C=O) groups is 1. The normalized spacial score (nSPS) is 14.4. The minimum Gasteiger partial charge on any atom is -0.467 e. The van der Waals surface area contributed by atoms with Crippen molar-refractivity contribution in [3.8, 4) is 0 Å². The number of halogens is 3. The van der Waals surface area contributed by atoms with Gasteiger partial charge in [-0.1, -0.05) is 0 Å². The van der Waals surface area contributed by atoms with E-state index in [2.05, 4.69) is 20.7 Å². The number of hydrogen-bond acceptors (Lipinski definition) is 3. The van der Waals surface area contributed by atoms with Crippen molar-refractivity contribution in [2.45, 2.75) is 12.5 Å². The molecule has 0 spiro atoms. The highest BCUT2D eigenvalue weighted by atomic mass is 79.9. The number of methoxy groups -OCH3 is 1. The van der Waals surface area contributed by atoms with E-state index in [1.54, 1.807) is 0 Å². The molecular formula is C10H9BrF2O3. The van der Waals surface area contributed by atoms with Crippen molar-refractivity contribution in [3.63, 3.8) is 0 Å². The van der Waals surface area contributed by atoms with Gasteiger partial charge in [-0.3, -0.25) is 0 Å². The molecule has 0 fully saturated rings. The molecule has 0 heterocycles. The first-order valence-electron chi connectivity index (χ1n) is 4.26. The molecule has 0 saturated carbocycles. The highest BCUT2D eigenvalue weighted by Gasteiger charge is 2.35. The zero-order chi connectivity index (χ0) is 12.5. The minimum atomic E-state index is -2.09. The maximum Gasteiger partial charge on any atom is 0.342 e. The summed E-state index contributed by atoms with van der Waals surface area (Å²) in [5, 5.41) is 9.77. The molecule has 0 amide bonds. The number of ether oxygens (including phenoxy) is 1. The Labute approximate surface area is 99.2 Å². The molecule has 1 unspecified atom stereocenters. The van der Waals surface area contributed by atoms with E-state index in [1.165, 1.54) is 0 Å². The van der Waals surface area contributed by atoms with E-state index in [0.29, 0.717) is 0 Å². The largest absolute Gasteiger partial charge is 0.467 e. The number of hydrogen-bond donors (Lipinski definition) is 1. The van der Waals surface area contributed by atoms with Gasteiger partial charge in [-0.15, -0.1) is 0 Å². The van der Waals surface area contributed by atoms with Crippen LogP contribution in [0.5, 0.6) is 0 Å². The van der Waals surface area contributed by atoms with Gasteiger partial charge in [-0.2, -0.15) is 0 Å². The second kappa shape index (κ2) is 4.47. The van der Waals surface area contributed by atoms with Crippen molar-refractivity contribution in [1.29, 1.82) is 0 Å². The van der Waals surface area contributed by atoms with Gasteiger partial charge in [0.2, 0.25) is 0 Å². The Kier molecular flexibility index (Phi) is 3.64. The molecule has 0 bridgehead atoms. The summed E-state index contributed by atoms with van der Waals surface area (Å²) < 4.78 is 30.4. The lowest BCUT2D eigenvalue weighted by atomic mass is 9.96. The summed E-state index contributed by atoms with van der Waals surface area (Å²) in [6, 6.07) is 1.73. The molecular weight excluding hydrogens is 286 g/mol. The third kappa shape index (κ3) is 2.22. The molecule has 0 aromatic heterocycles. The van der Waals surface area contributed by atoms with E-state index in [-0.39, 0.29) is 10.0 Å². The molecule has 1 aromatic rings. The SMILES string of the molecule is COC(=O)C(C)(O)c1cc(F)c(Br)c(F)c1. The van der Waals surface area contributed by atoms with Crippen LogP contribution in [0.15, 0.2) is 16.6 Å². The number of aliphatic hydroxyl groups is 1. The summed E-state index contributed by atoms with van der Waals surface area (Å²) in [5.74, 6) is -2.80. The maximum absolute atomic E-state index is 13.2. The van der Waals surface area contributed by atoms with Gasteiger partial charge in [0.15, 0.2) is 5.60 Å².